The van der Waals surface area contributed by atoms with Gasteiger partial charge in [0.2, 0.25) is 0 Å². The lowest BCUT2D eigenvalue weighted by molar-refractivity contribution is -0.145. The van der Waals surface area contributed by atoms with Crippen LogP contribution in [0.4, 0.5) is 0 Å². The molecule has 2 unspecified atom stereocenters. The first-order chi connectivity index (χ1) is 15.5. The zero-order chi connectivity index (χ0) is 22.3. The fourth-order valence-electron chi connectivity index (χ4n) is 7.75. The van der Waals surface area contributed by atoms with E-state index in [1.165, 1.54) is 44.1 Å². The van der Waals surface area contributed by atoms with Crippen molar-refractivity contribution < 1.29 is 19.0 Å². The van der Waals surface area contributed by atoms with Crippen molar-refractivity contribution in [1.29, 1.82) is 0 Å². The second-order valence-electron chi connectivity index (χ2n) is 11.0. The largest absolute Gasteiger partial charge is 0.466 e. The molecular weight excluding hydrogens is 400 g/mol. The van der Waals surface area contributed by atoms with Gasteiger partial charge >= 0.3 is 5.97 Å². The summed E-state index contributed by atoms with van der Waals surface area (Å²) in [6.45, 7) is 8.08. The van der Waals surface area contributed by atoms with Crippen molar-refractivity contribution in [2.75, 3.05) is 13.2 Å². The van der Waals surface area contributed by atoms with E-state index in [1.54, 1.807) is 5.56 Å². The molecule has 1 aromatic carbocycles. The third-order valence-electron chi connectivity index (χ3n) is 9.37. The molecule has 4 aliphatic rings. The van der Waals surface area contributed by atoms with Crippen molar-refractivity contribution >= 4 is 5.97 Å². The molecule has 32 heavy (non-hydrogen) atoms. The monoisotopic (exact) mass is 440 g/mol. The van der Waals surface area contributed by atoms with Crippen LogP contribution in [-0.4, -0.2) is 25.5 Å². The Morgan fingerprint density at radius 1 is 1.16 bits per heavy atom. The fraction of sp³-hybridized carbons (Fsp3) is 0.750. The van der Waals surface area contributed by atoms with E-state index in [1.807, 2.05) is 6.92 Å². The van der Waals surface area contributed by atoms with Gasteiger partial charge in [-0.15, -0.1) is 0 Å². The molecule has 5 rings (SSSR count). The third-order valence-corrected chi connectivity index (χ3v) is 9.37. The summed E-state index contributed by atoms with van der Waals surface area (Å²) in [6, 6.07) is 6.84. The van der Waals surface area contributed by atoms with Crippen LogP contribution in [0.1, 0.15) is 102 Å². The van der Waals surface area contributed by atoms with E-state index in [2.05, 4.69) is 32.0 Å². The van der Waals surface area contributed by atoms with Crippen LogP contribution in [-0.2, 0) is 14.3 Å². The first-order valence-corrected chi connectivity index (χ1v) is 13.1. The number of benzene rings is 1. The standard InChI is InChI=1S/C28H40O4/c1-4-30-26(29)16-19-8-11-25-24-15-18(2)23-17-20(32-27-7-5-6-14-31-27)9-10-21(23)22(24)12-13-28(19,25)3/h9-10,17-19,22,24-25,27H,4-8,11-16H2,1-3H3/t18-,19+,22+,24+,25?,27?,28+/m0/s1. The molecule has 2 saturated carbocycles. The maximum atomic E-state index is 12.2. The molecule has 1 heterocycles. The highest BCUT2D eigenvalue weighted by atomic mass is 16.7. The summed E-state index contributed by atoms with van der Waals surface area (Å²) in [4.78, 5) is 12.2. The molecule has 4 heteroatoms. The van der Waals surface area contributed by atoms with Gasteiger partial charge in [-0.1, -0.05) is 19.9 Å². The highest BCUT2D eigenvalue weighted by Crippen LogP contribution is 2.64. The molecule has 3 aliphatic carbocycles. The molecule has 3 fully saturated rings. The summed E-state index contributed by atoms with van der Waals surface area (Å²) in [5.74, 6) is 4.11. The lowest BCUT2D eigenvalue weighted by Crippen LogP contribution is -2.43. The molecule has 1 aliphatic heterocycles. The molecule has 4 nitrogen and oxygen atoms in total. The Morgan fingerprint density at radius 2 is 2.03 bits per heavy atom. The summed E-state index contributed by atoms with van der Waals surface area (Å²) >= 11 is 0. The predicted octanol–water partition coefficient (Wildman–Crippen LogP) is 6.58. The van der Waals surface area contributed by atoms with Gasteiger partial charge in [0.15, 0.2) is 6.29 Å². The smallest absolute Gasteiger partial charge is 0.306 e. The molecule has 0 spiro atoms. The molecular formula is C28H40O4. The van der Waals surface area contributed by atoms with Crippen molar-refractivity contribution in [3.05, 3.63) is 29.3 Å². The Bertz CT molecular complexity index is 829. The van der Waals surface area contributed by atoms with E-state index in [4.69, 9.17) is 14.2 Å². The number of esters is 1. The van der Waals surface area contributed by atoms with Crippen LogP contribution in [0, 0.1) is 23.2 Å². The summed E-state index contributed by atoms with van der Waals surface area (Å²) in [7, 11) is 0. The third kappa shape index (κ3) is 3.97. The molecule has 0 bridgehead atoms. The molecule has 7 atom stereocenters. The number of carbonyl (C=O) groups is 1. The van der Waals surface area contributed by atoms with Gasteiger partial charge in [0.1, 0.15) is 5.75 Å². The number of hydrogen-bond donors (Lipinski definition) is 0. The average Bonchev–Trinajstić information content (AvgIpc) is 3.11. The van der Waals surface area contributed by atoms with Gasteiger partial charge in [-0.2, -0.15) is 0 Å². The molecule has 1 saturated heterocycles. The highest BCUT2D eigenvalue weighted by molar-refractivity contribution is 5.69. The SMILES string of the molecule is CCOC(=O)C[C@H]1CCC2[C@@H]3C[C@H](C)c4cc(OC5CCCCO5)ccc4[C@H]3CC[C@@]21C. The number of fused-ring (bicyclic) bond motifs is 5. The molecule has 176 valence electrons. The van der Waals surface area contributed by atoms with E-state index < -0.39 is 0 Å². The summed E-state index contributed by atoms with van der Waals surface area (Å²) < 4.78 is 17.3. The Balaban J connectivity index is 1.33. The first-order valence-electron chi connectivity index (χ1n) is 13.1. The van der Waals surface area contributed by atoms with Gasteiger partial charge in [0, 0.05) is 12.8 Å². The van der Waals surface area contributed by atoms with Gasteiger partial charge in [-0.05, 0) is 110 Å². The van der Waals surface area contributed by atoms with Gasteiger partial charge in [-0.3, -0.25) is 4.79 Å². The number of rotatable bonds is 5. The minimum Gasteiger partial charge on any atom is -0.466 e. The van der Waals surface area contributed by atoms with E-state index in [0.29, 0.717) is 30.8 Å². The maximum absolute atomic E-state index is 12.2. The van der Waals surface area contributed by atoms with Gasteiger partial charge in [-0.25, -0.2) is 0 Å². The zero-order valence-corrected chi connectivity index (χ0v) is 20.1. The van der Waals surface area contributed by atoms with Crippen molar-refractivity contribution in [1.82, 2.24) is 0 Å². The lowest BCUT2D eigenvalue weighted by atomic mass is 9.53. The molecule has 0 aromatic heterocycles. The van der Waals surface area contributed by atoms with Crippen LogP contribution >= 0.6 is 0 Å². The van der Waals surface area contributed by atoms with Crippen LogP contribution in [0.2, 0.25) is 0 Å². The minimum absolute atomic E-state index is 0.00155. The van der Waals surface area contributed by atoms with Crippen molar-refractivity contribution in [2.45, 2.75) is 96.7 Å². The van der Waals surface area contributed by atoms with E-state index >= 15 is 0 Å². The first kappa shape index (κ1) is 22.3. The van der Waals surface area contributed by atoms with Gasteiger partial charge < -0.3 is 14.2 Å². The summed E-state index contributed by atoms with van der Waals surface area (Å²) in [5.41, 5.74) is 3.33. The topological polar surface area (TPSA) is 44.8 Å². The molecule has 0 N–H and O–H groups in total. The maximum Gasteiger partial charge on any atom is 0.306 e. The second-order valence-corrected chi connectivity index (χ2v) is 11.0. The lowest BCUT2D eigenvalue weighted by Gasteiger charge is -2.52. The normalized spacial score (nSPS) is 38.3. The van der Waals surface area contributed by atoms with E-state index in [0.717, 1.165) is 37.0 Å². The second kappa shape index (κ2) is 9.00. The average molecular weight is 441 g/mol. The zero-order valence-electron chi connectivity index (χ0n) is 20.1. The van der Waals surface area contributed by atoms with Crippen LogP contribution in [0.5, 0.6) is 5.75 Å². The Hall–Kier alpha value is -1.55. The predicted molar refractivity (Wildman–Crippen MR) is 125 cm³/mol. The van der Waals surface area contributed by atoms with Crippen LogP contribution < -0.4 is 4.74 Å². The van der Waals surface area contributed by atoms with Crippen molar-refractivity contribution in [3.63, 3.8) is 0 Å². The summed E-state index contributed by atoms with van der Waals surface area (Å²) in [6.07, 6.45) is 10.0. The molecule has 1 aromatic rings. The fourth-order valence-corrected chi connectivity index (χ4v) is 7.75. The van der Waals surface area contributed by atoms with E-state index in [9.17, 15) is 4.79 Å². The number of hydrogen-bond acceptors (Lipinski definition) is 4. The summed E-state index contributed by atoms with van der Waals surface area (Å²) in [5, 5.41) is 0. The van der Waals surface area contributed by atoms with Crippen molar-refractivity contribution in [2.24, 2.45) is 23.2 Å². The van der Waals surface area contributed by atoms with Crippen molar-refractivity contribution in [3.8, 4) is 5.75 Å². The van der Waals surface area contributed by atoms with Crippen LogP contribution in [0.25, 0.3) is 0 Å². The van der Waals surface area contributed by atoms with E-state index in [-0.39, 0.29) is 17.7 Å². The number of ether oxygens (including phenoxy) is 3. The van der Waals surface area contributed by atoms with Crippen LogP contribution in [0.3, 0.4) is 0 Å². The quantitative estimate of drug-likeness (QED) is 0.485. The van der Waals surface area contributed by atoms with Gasteiger partial charge in [0.25, 0.3) is 0 Å². The Kier molecular flexibility index (Phi) is 6.26. The van der Waals surface area contributed by atoms with Crippen LogP contribution in [0.15, 0.2) is 18.2 Å². The Labute approximate surface area is 193 Å². The highest BCUT2D eigenvalue weighted by Gasteiger charge is 2.55. The molecule has 0 amide bonds. The number of carbonyl (C=O) groups excluding carboxylic acids is 1. The van der Waals surface area contributed by atoms with Gasteiger partial charge in [0.05, 0.1) is 13.2 Å². The minimum atomic E-state index is -0.0846. The Morgan fingerprint density at radius 3 is 2.81 bits per heavy atom. The molecule has 0 radical (unpaired) electrons.